The molecule has 106 valence electrons. The number of amides is 1. The molecule has 0 saturated carbocycles. The van der Waals surface area contributed by atoms with E-state index >= 15 is 0 Å². The lowest BCUT2D eigenvalue weighted by molar-refractivity contribution is 0.0990. The summed E-state index contributed by atoms with van der Waals surface area (Å²) < 4.78 is 13.4. The number of carbonyl (C=O) groups is 1. The Morgan fingerprint density at radius 1 is 1.19 bits per heavy atom. The number of nitrogens with one attached hydrogen (secondary N) is 1. The van der Waals surface area contributed by atoms with Gasteiger partial charge in [-0.05, 0) is 37.3 Å². The molecule has 0 spiro atoms. The van der Waals surface area contributed by atoms with Crippen molar-refractivity contribution in [2.75, 3.05) is 11.4 Å². The maximum Gasteiger partial charge on any atom is 0.260 e. The van der Waals surface area contributed by atoms with Crippen molar-refractivity contribution in [3.63, 3.8) is 0 Å². The number of hydrogen-bond donors (Lipinski definition) is 1. The predicted octanol–water partition coefficient (Wildman–Crippen LogP) is 3.97. The minimum atomic E-state index is -0.348. The summed E-state index contributed by atoms with van der Waals surface area (Å²) in [6, 6.07) is 13.9. The van der Waals surface area contributed by atoms with Crippen LogP contribution in [-0.2, 0) is 0 Å². The molecule has 2 aromatic carbocycles. The predicted molar refractivity (Wildman–Crippen MR) is 82.0 cm³/mol. The Balaban J connectivity index is 2.05. The van der Waals surface area contributed by atoms with E-state index in [0.29, 0.717) is 17.5 Å². The topological polar surface area (TPSA) is 36.1 Å². The molecule has 0 radical (unpaired) electrons. The first-order chi connectivity index (χ1) is 10.2. The zero-order valence-corrected chi connectivity index (χ0v) is 11.6. The van der Waals surface area contributed by atoms with Crippen LogP contribution in [0.25, 0.3) is 10.9 Å². The zero-order valence-electron chi connectivity index (χ0n) is 11.6. The molecule has 3 aromatic rings. The van der Waals surface area contributed by atoms with Crippen molar-refractivity contribution in [2.24, 2.45) is 0 Å². The van der Waals surface area contributed by atoms with Crippen molar-refractivity contribution in [1.82, 2.24) is 4.98 Å². The number of para-hydroxylation sites is 1. The third-order valence-electron chi connectivity index (χ3n) is 3.50. The van der Waals surface area contributed by atoms with Crippen LogP contribution in [0.15, 0.2) is 54.7 Å². The van der Waals surface area contributed by atoms with Crippen LogP contribution in [0.2, 0.25) is 0 Å². The number of halogens is 1. The summed E-state index contributed by atoms with van der Waals surface area (Å²) in [5.74, 6) is -0.487. The maximum absolute atomic E-state index is 13.4. The molecule has 4 heteroatoms. The Kier molecular flexibility index (Phi) is 3.44. The summed E-state index contributed by atoms with van der Waals surface area (Å²) in [6.45, 7) is 2.46. The molecule has 0 aliphatic heterocycles. The summed E-state index contributed by atoms with van der Waals surface area (Å²) in [5, 5.41) is 0.606. The zero-order chi connectivity index (χ0) is 14.8. The third-order valence-corrected chi connectivity index (χ3v) is 3.50. The Morgan fingerprint density at radius 2 is 1.95 bits per heavy atom. The van der Waals surface area contributed by atoms with Gasteiger partial charge < -0.3 is 9.88 Å². The van der Waals surface area contributed by atoms with Crippen LogP contribution in [0.5, 0.6) is 0 Å². The number of nitrogens with zero attached hydrogens (tertiary/aromatic N) is 1. The van der Waals surface area contributed by atoms with Crippen LogP contribution in [0.4, 0.5) is 10.1 Å². The molecule has 0 aliphatic rings. The molecule has 0 atom stereocenters. The van der Waals surface area contributed by atoms with Gasteiger partial charge in [-0.1, -0.05) is 18.2 Å². The number of aromatic nitrogens is 1. The van der Waals surface area contributed by atoms with E-state index in [1.165, 1.54) is 12.1 Å². The molecular formula is C17H15FN2O. The van der Waals surface area contributed by atoms with Crippen LogP contribution in [0, 0.1) is 5.82 Å². The lowest BCUT2D eigenvalue weighted by atomic mass is 10.1. The first-order valence-corrected chi connectivity index (χ1v) is 6.84. The molecule has 0 saturated heterocycles. The van der Waals surface area contributed by atoms with Gasteiger partial charge in [-0.25, -0.2) is 4.39 Å². The number of anilines is 1. The van der Waals surface area contributed by atoms with Crippen LogP contribution < -0.4 is 4.90 Å². The quantitative estimate of drug-likeness (QED) is 0.775. The molecule has 0 bridgehead atoms. The van der Waals surface area contributed by atoms with Crippen LogP contribution in [-0.4, -0.2) is 17.4 Å². The third kappa shape index (κ3) is 2.40. The Morgan fingerprint density at radius 3 is 2.67 bits per heavy atom. The molecule has 0 unspecified atom stereocenters. The van der Waals surface area contributed by atoms with E-state index in [1.54, 1.807) is 17.2 Å². The van der Waals surface area contributed by atoms with Crippen molar-refractivity contribution in [3.05, 3.63) is 66.1 Å². The number of rotatable bonds is 3. The van der Waals surface area contributed by atoms with Crippen molar-refractivity contribution in [2.45, 2.75) is 6.92 Å². The van der Waals surface area contributed by atoms with Crippen molar-refractivity contribution >= 4 is 22.5 Å². The molecule has 1 N–H and O–H groups in total. The van der Waals surface area contributed by atoms with E-state index in [1.807, 2.05) is 37.3 Å². The minimum absolute atomic E-state index is 0.138. The van der Waals surface area contributed by atoms with E-state index < -0.39 is 0 Å². The number of benzene rings is 2. The second kappa shape index (κ2) is 5.40. The average molecular weight is 282 g/mol. The van der Waals surface area contributed by atoms with Gasteiger partial charge in [0.05, 0.1) is 5.56 Å². The van der Waals surface area contributed by atoms with Gasteiger partial charge in [0.15, 0.2) is 0 Å². The van der Waals surface area contributed by atoms with Gasteiger partial charge in [-0.2, -0.15) is 0 Å². The summed E-state index contributed by atoms with van der Waals surface area (Å²) in [5.41, 5.74) is 2.06. The molecule has 0 aliphatic carbocycles. The van der Waals surface area contributed by atoms with Gasteiger partial charge in [0.25, 0.3) is 5.91 Å². The summed E-state index contributed by atoms with van der Waals surface area (Å²) in [7, 11) is 0. The molecule has 1 amide bonds. The van der Waals surface area contributed by atoms with Crippen LogP contribution >= 0.6 is 0 Å². The number of hydrogen-bond acceptors (Lipinski definition) is 1. The Bertz CT molecular complexity index is 780. The van der Waals surface area contributed by atoms with Crippen LogP contribution in [0.1, 0.15) is 17.3 Å². The molecular weight excluding hydrogens is 267 g/mol. The Hall–Kier alpha value is -2.62. The van der Waals surface area contributed by atoms with E-state index in [9.17, 15) is 9.18 Å². The van der Waals surface area contributed by atoms with Gasteiger partial charge in [0.2, 0.25) is 0 Å². The number of aromatic amines is 1. The fraction of sp³-hybridized carbons (Fsp3) is 0.118. The smallest absolute Gasteiger partial charge is 0.260 e. The second-order valence-corrected chi connectivity index (χ2v) is 4.78. The van der Waals surface area contributed by atoms with Crippen molar-refractivity contribution < 1.29 is 9.18 Å². The molecule has 21 heavy (non-hydrogen) atoms. The van der Waals surface area contributed by atoms with Crippen molar-refractivity contribution in [3.8, 4) is 0 Å². The second-order valence-electron chi connectivity index (χ2n) is 4.78. The monoisotopic (exact) mass is 282 g/mol. The largest absolute Gasteiger partial charge is 0.360 e. The number of H-pyrrole nitrogens is 1. The SMILES string of the molecule is CCN(C(=O)c1c[nH]c2ccc(F)cc12)c1ccccc1. The highest BCUT2D eigenvalue weighted by molar-refractivity contribution is 6.13. The molecule has 3 rings (SSSR count). The van der Waals surface area contributed by atoms with Gasteiger partial charge in [-0.15, -0.1) is 0 Å². The van der Waals surface area contributed by atoms with Crippen molar-refractivity contribution in [1.29, 1.82) is 0 Å². The van der Waals surface area contributed by atoms with Gasteiger partial charge >= 0.3 is 0 Å². The molecule has 1 aromatic heterocycles. The van der Waals surface area contributed by atoms with E-state index in [2.05, 4.69) is 4.98 Å². The van der Waals surface area contributed by atoms with Gasteiger partial charge in [0.1, 0.15) is 5.82 Å². The first-order valence-electron chi connectivity index (χ1n) is 6.84. The fourth-order valence-electron chi connectivity index (χ4n) is 2.47. The van der Waals surface area contributed by atoms with Gasteiger partial charge in [0, 0.05) is 29.3 Å². The lowest BCUT2D eigenvalue weighted by Gasteiger charge is -2.20. The highest BCUT2D eigenvalue weighted by Crippen LogP contribution is 2.23. The molecule has 3 nitrogen and oxygen atoms in total. The highest BCUT2D eigenvalue weighted by Gasteiger charge is 2.19. The number of fused-ring (bicyclic) bond motifs is 1. The first kappa shape index (κ1) is 13.4. The molecule has 0 fully saturated rings. The number of carbonyl (C=O) groups excluding carboxylic acids is 1. The standard InChI is InChI=1S/C17H15FN2O/c1-2-20(13-6-4-3-5-7-13)17(21)15-11-19-16-9-8-12(18)10-14(15)16/h3-11,19H,2H2,1H3. The average Bonchev–Trinajstić information content (AvgIpc) is 2.92. The normalized spacial score (nSPS) is 10.8. The summed E-state index contributed by atoms with van der Waals surface area (Å²) in [6.07, 6.45) is 1.64. The van der Waals surface area contributed by atoms with E-state index in [0.717, 1.165) is 11.2 Å². The lowest BCUT2D eigenvalue weighted by Crippen LogP contribution is -2.30. The van der Waals surface area contributed by atoms with E-state index in [4.69, 9.17) is 0 Å². The fourth-order valence-corrected chi connectivity index (χ4v) is 2.47. The van der Waals surface area contributed by atoms with Gasteiger partial charge in [-0.3, -0.25) is 4.79 Å². The van der Waals surface area contributed by atoms with E-state index in [-0.39, 0.29) is 11.7 Å². The highest BCUT2D eigenvalue weighted by atomic mass is 19.1. The summed E-state index contributed by atoms with van der Waals surface area (Å²) in [4.78, 5) is 17.4. The molecule has 1 heterocycles. The minimum Gasteiger partial charge on any atom is -0.360 e. The summed E-state index contributed by atoms with van der Waals surface area (Å²) >= 11 is 0. The Labute approximate surface area is 122 Å². The maximum atomic E-state index is 13.4. The van der Waals surface area contributed by atoms with Crippen LogP contribution in [0.3, 0.4) is 0 Å².